The Morgan fingerprint density at radius 3 is 2.42 bits per heavy atom. The third-order valence-corrected chi connectivity index (χ3v) is 5.26. The molecule has 0 N–H and O–H groups in total. The molecule has 2 aromatic carbocycles. The van der Waals surface area contributed by atoms with Crippen LogP contribution in [0, 0.1) is 0 Å². The number of nitrogens with zero attached hydrogens (tertiary/aromatic N) is 2. The van der Waals surface area contributed by atoms with Crippen molar-refractivity contribution < 1.29 is 13.2 Å². The van der Waals surface area contributed by atoms with E-state index in [9.17, 15) is 13.2 Å². The summed E-state index contributed by atoms with van der Waals surface area (Å²) in [4.78, 5) is 6.68. The Hall–Kier alpha value is -1.98. The van der Waals surface area contributed by atoms with Gasteiger partial charge in [-0.2, -0.15) is 13.2 Å². The van der Waals surface area contributed by atoms with Crippen molar-refractivity contribution in [3.05, 3.63) is 69.3 Å². The molecule has 134 valence electrons. The molecule has 0 bridgehead atoms. The van der Waals surface area contributed by atoms with Crippen molar-refractivity contribution in [3.8, 4) is 0 Å². The molecule has 0 saturated carbocycles. The Bertz CT molecular complexity index is 985. The second kappa shape index (κ2) is 6.32. The minimum absolute atomic E-state index is 0.505. The van der Waals surface area contributed by atoms with E-state index in [0.717, 1.165) is 40.0 Å². The van der Waals surface area contributed by atoms with Crippen molar-refractivity contribution >= 4 is 39.8 Å². The summed E-state index contributed by atoms with van der Waals surface area (Å²) >= 11 is 12.6. The van der Waals surface area contributed by atoms with Gasteiger partial charge in [-0.3, -0.25) is 4.98 Å². The summed E-state index contributed by atoms with van der Waals surface area (Å²) in [5.74, 6) is 0. The maximum atomic E-state index is 12.7. The molecule has 0 saturated heterocycles. The zero-order valence-electron chi connectivity index (χ0n) is 13.4. The summed E-state index contributed by atoms with van der Waals surface area (Å²) in [7, 11) is 0. The lowest BCUT2D eigenvalue weighted by atomic mass is 10.0. The van der Waals surface area contributed by atoms with Crippen LogP contribution < -0.4 is 4.90 Å². The van der Waals surface area contributed by atoms with Gasteiger partial charge in [-0.05, 0) is 42.5 Å². The Kier molecular flexibility index (Phi) is 4.24. The quantitative estimate of drug-likeness (QED) is 0.492. The van der Waals surface area contributed by atoms with Crippen LogP contribution in [0.4, 0.5) is 18.9 Å². The fraction of sp³-hybridized carbons (Fsp3) is 0.211. The van der Waals surface area contributed by atoms with Gasteiger partial charge in [0.15, 0.2) is 0 Å². The molecule has 1 aliphatic heterocycles. The molecule has 0 atom stereocenters. The molecule has 0 spiro atoms. The predicted octanol–water partition coefficient (Wildman–Crippen LogP) is 6.12. The van der Waals surface area contributed by atoms with E-state index >= 15 is 0 Å². The largest absolute Gasteiger partial charge is 0.416 e. The average Bonchev–Trinajstić information content (AvgIpc) is 2.61. The van der Waals surface area contributed by atoms with Crippen molar-refractivity contribution in [2.75, 3.05) is 11.4 Å². The lowest BCUT2D eigenvalue weighted by Gasteiger charge is -2.31. The lowest BCUT2D eigenvalue weighted by molar-refractivity contribution is -0.137. The summed E-state index contributed by atoms with van der Waals surface area (Å²) in [6.45, 7) is 1.17. The number of aromatic nitrogens is 1. The van der Waals surface area contributed by atoms with Crippen LogP contribution in [0.25, 0.3) is 10.9 Å². The van der Waals surface area contributed by atoms with Gasteiger partial charge in [0.05, 0.1) is 16.1 Å². The Labute approximate surface area is 158 Å². The van der Waals surface area contributed by atoms with Gasteiger partial charge in [-0.25, -0.2) is 0 Å². The van der Waals surface area contributed by atoms with E-state index in [2.05, 4.69) is 4.98 Å². The van der Waals surface area contributed by atoms with Gasteiger partial charge in [0.25, 0.3) is 0 Å². The minimum Gasteiger partial charge on any atom is -0.367 e. The molecule has 4 rings (SSSR count). The highest BCUT2D eigenvalue weighted by atomic mass is 35.5. The summed E-state index contributed by atoms with van der Waals surface area (Å²) in [6.07, 6.45) is -3.67. The lowest BCUT2D eigenvalue weighted by Crippen LogP contribution is -2.31. The minimum atomic E-state index is -4.33. The van der Waals surface area contributed by atoms with Crippen molar-refractivity contribution in [2.24, 2.45) is 0 Å². The SMILES string of the molecule is FC(F)(F)c1ccc(N2CCc3nc4cc(Cl)ccc4c(Cl)c3C2)cc1. The van der Waals surface area contributed by atoms with Crippen molar-refractivity contribution in [2.45, 2.75) is 19.1 Å². The van der Waals surface area contributed by atoms with Crippen LogP contribution in [0.15, 0.2) is 42.5 Å². The topological polar surface area (TPSA) is 16.1 Å². The first-order chi connectivity index (χ1) is 12.3. The van der Waals surface area contributed by atoms with E-state index in [4.69, 9.17) is 23.2 Å². The van der Waals surface area contributed by atoms with Crippen LogP contribution in [0.1, 0.15) is 16.8 Å². The van der Waals surface area contributed by atoms with Crippen LogP contribution in [0.5, 0.6) is 0 Å². The zero-order valence-corrected chi connectivity index (χ0v) is 15.0. The van der Waals surface area contributed by atoms with Gasteiger partial charge in [-0.15, -0.1) is 0 Å². The maximum absolute atomic E-state index is 12.7. The highest BCUT2D eigenvalue weighted by molar-refractivity contribution is 6.37. The fourth-order valence-corrected chi connectivity index (χ4v) is 3.74. The number of anilines is 1. The van der Waals surface area contributed by atoms with E-state index in [1.807, 2.05) is 11.0 Å². The second-order valence-corrected chi connectivity index (χ2v) is 7.04. The fourth-order valence-electron chi connectivity index (χ4n) is 3.24. The average molecular weight is 397 g/mol. The Balaban J connectivity index is 1.68. The first-order valence-corrected chi connectivity index (χ1v) is 8.77. The number of hydrogen-bond donors (Lipinski definition) is 0. The molecule has 0 aliphatic carbocycles. The molecule has 1 aliphatic rings. The van der Waals surface area contributed by atoms with Crippen molar-refractivity contribution in [3.63, 3.8) is 0 Å². The molecule has 2 heterocycles. The van der Waals surface area contributed by atoms with Crippen molar-refractivity contribution in [1.82, 2.24) is 4.98 Å². The summed E-state index contributed by atoms with van der Waals surface area (Å²) in [5.41, 5.74) is 2.65. The van der Waals surface area contributed by atoms with Gasteiger partial charge in [0.2, 0.25) is 0 Å². The smallest absolute Gasteiger partial charge is 0.367 e. The number of benzene rings is 2. The number of fused-ring (bicyclic) bond motifs is 2. The van der Waals surface area contributed by atoms with Gasteiger partial charge in [0.1, 0.15) is 0 Å². The van der Waals surface area contributed by atoms with Gasteiger partial charge in [0, 0.05) is 46.9 Å². The van der Waals surface area contributed by atoms with Crippen LogP contribution >= 0.6 is 23.2 Å². The third-order valence-electron chi connectivity index (χ3n) is 4.59. The number of pyridine rings is 1. The first kappa shape index (κ1) is 17.4. The first-order valence-electron chi connectivity index (χ1n) is 8.01. The van der Waals surface area contributed by atoms with E-state index < -0.39 is 11.7 Å². The molecule has 0 unspecified atom stereocenters. The number of halogens is 5. The normalized spacial score (nSPS) is 14.6. The zero-order chi connectivity index (χ0) is 18.5. The highest BCUT2D eigenvalue weighted by Crippen LogP contribution is 2.35. The van der Waals surface area contributed by atoms with E-state index in [1.54, 1.807) is 12.1 Å². The van der Waals surface area contributed by atoms with Crippen LogP contribution in [-0.4, -0.2) is 11.5 Å². The Morgan fingerprint density at radius 1 is 1.00 bits per heavy atom. The summed E-state index contributed by atoms with van der Waals surface area (Å²) in [5, 5.41) is 2.05. The molecule has 2 nitrogen and oxygen atoms in total. The molecular weight excluding hydrogens is 384 g/mol. The Morgan fingerprint density at radius 2 is 1.73 bits per heavy atom. The molecule has 26 heavy (non-hydrogen) atoms. The predicted molar refractivity (Wildman–Crippen MR) is 98.0 cm³/mol. The van der Waals surface area contributed by atoms with Gasteiger partial charge < -0.3 is 4.90 Å². The molecule has 0 amide bonds. The standard InChI is InChI=1S/C19H13Cl2F3N2/c20-12-3-6-14-17(9-12)25-16-7-8-26(10-15(16)18(14)21)13-4-1-11(2-5-13)19(22,23)24/h1-6,9H,7-8,10H2. The maximum Gasteiger partial charge on any atom is 0.416 e. The monoisotopic (exact) mass is 396 g/mol. The molecule has 7 heteroatoms. The highest BCUT2D eigenvalue weighted by Gasteiger charge is 2.30. The van der Waals surface area contributed by atoms with Gasteiger partial charge >= 0.3 is 6.18 Å². The summed E-state index contributed by atoms with van der Waals surface area (Å²) < 4.78 is 38.2. The van der Waals surface area contributed by atoms with Crippen LogP contribution in [-0.2, 0) is 19.1 Å². The molecule has 0 radical (unpaired) electrons. The van der Waals surface area contributed by atoms with E-state index in [-0.39, 0.29) is 0 Å². The molecular formula is C19H13Cl2F3N2. The summed E-state index contributed by atoms with van der Waals surface area (Å²) in [6, 6.07) is 10.6. The molecule has 0 fully saturated rings. The van der Waals surface area contributed by atoms with Crippen molar-refractivity contribution in [1.29, 1.82) is 0 Å². The van der Waals surface area contributed by atoms with E-state index in [0.29, 0.717) is 29.6 Å². The van der Waals surface area contributed by atoms with Gasteiger partial charge in [-0.1, -0.05) is 23.2 Å². The number of hydrogen-bond acceptors (Lipinski definition) is 2. The molecule has 1 aromatic heterocycles. The molecule has 3 aromatic rings. The number of alkyl halides is 3. The number of rotatable bonds is 1. The van der Waals surface area contributed by atoms with Crippen LogP contribution in [0.2, 0.25) is 10.0 Å². The van der Waals surface area contributed by atoms with Crippen LogP contribution in [0.3, 0.4) is 0 Å². The second-order valence-electron chi connectivity index (χ2n) is 6.23. The van der Waals surface area contributed by atoms with E-state index in [1.165, 1.54) is 12.1 Å². The third kappa shape index (κ3) is 3.10.